The lowest BCUT2D eigenvalue weighted by Gasteiger charge is -2.05. The molecule has 1 N–H and O–H groups in total. The van der Waals surface area contributed by atoms with E-state index in [4.69, 9.17) is 9.84 Å². The number of rotatable bonds is 8. The van der Waals surface area contributed by atoms with Gasteiger partial charge in [-0.25, -0.2) is 4.79 Å². The van der Waals surface area contributed by atoms with E-state index in [0.29, 0.717) is 0 Å². The summed E-state index contributed by atoms with van der Waals surface area (Å²) in [6.07, 6.45) is 3.72. The van der Waals surface area contributed by atoms with Crippen LogP contribution in [-0.4, -0.2) is 29.2 Å². The zero-order valence-electron chi connectivity index (χ0n) is 10.5. The third kappa shape index (κ3) is 6.35. The number of carbonyl (C=O) groups is 1. The zero-order chi connectivity index (χ0) is 13.2. The van der Waals surface area contributed by atoms with Crippen LogP contribution in [0.2, 0.25) is 0 Å². The average Bonchev–Trinajstić information content (AvgIpc) is 2.37. The van der Waals surface area contributed by atoms with E-state index in [1.165, 1.54) is 0 Å². The van der Waals surface area contributed by atoms with Gasteiger partial charge in [0.15, 0.2) is 0 Å². The predicted molar refractivity (Wildman–Crippen MR) is 76.2 cm³/mol. The minimum atomic E-state index is -0.941. The largest absolute Gasteiger partial charge is 0.494 e. The zero-order valence-corrected chi connectivity index (χ0v) is 11.3. The molecule has 0 aromatic heterocycles. The molecule has 4 heteroatoms. The van der Waals surface area contributed by atoms with Crippen molar-refractivity contribution in [2.75, 3.05) is 18.1 Å². The van der Waals surface area contributed by atoms with Crippen LogP contribution in [0.4, 0.5) is 0 Å². The molecular formula is C14H18O3S. The number of ether oxygens (including phenoxy) is 1. The normalized spacial score (nSPS) is 10.7. The number of thioether (sulfide) groups is 1. The van der Waals surface area contributed by atoms with Crippen LogP contribution >= 0.6 is 11.8 Å². The molecule has 0 aliphatic carbocycles. The minimum absolute atomic E-state index is 0.720. The minimum Gasteiger partial charge on any atom is -0.494 e. The van der Waals surface area contributed by atoms with Gasteiger partial charge in [-0.15, -0.1) is 0 Å². The van der Waals surface area contributed by atoms with Crippen molar-refractivity contribution in [1.82, 2.24) is 0 Å². The van der Waals surface area contributed by atoms with Crippen molar-refractivity contribution in [2.24, 2.45) is 0 Å². The fourth-order valence-corrected chi connectivity index (χ4v) is 1.95. The van der Waals surface area contributed by atoms with Gasteiger partial charge in [0, 0.05) is 6.08 Å². The second-order valence-electron chi connectivity index (χ2n) is 3.64. The molecule has 0 spiro atoms. The number of aliphatic carboxylic acids is 1. The highest BCUT2D eigenvalue weighted by Crippen LogP contribution is 2.13. The van der Waals surface area contributed by atoms with Gasteiger partial charge in [-0.2, -0.15) is 11.8 Å². The van der Waals surface area contributed by atoms with E-state index in [9.17, 15) is 4.79 Å². The Morgan fingerprint density at radius 2 is 2.11 bits per heavy atom. The highest BCUT2D eigenvalue weighted by molar-refractivity contribution is 7.99. The van der Waals surface area contributed by atoms with Crippen LogP contribution in [0, 0.1) is 0 Å². The van der Waals surface area contributed by atoms with Crippen LogP contribution in [0.25, 0.3) is 6.08 Å². The molecule has 1 aromatic carbocycles. The topological polar surface area (TPSA) is 46.5 Å². The number of carboxylic acids is 1. The Bertz CT molecular complexity index is 385. The summed E-state index contributed by atoms with van der Waals surface area (Å²) in [5.41, 5.74) is 0.853. The molecule has 0 aliphatic heterocycles. The molecule has 3 nitrogen and oxygen atoms in total. The lowest BCUT2D eigenvalue weighted by molar-refractivity contribution is -0.131. The molecule has 0 heterocycles. The van der Waals surface area contributed by atoms with Crippen molar-refractivity contribution in [1.29, 1.82) is 0 Å². The highest BCUT2D eigenvalue weighted by Gasteiger charge is 1.95. The molecule has 0 aliphatic rings. The van der Waals surface area contributed by atoms with Crippen LogP contribution in [0.3, 0.4) is 0 Å². The molecule has 18 heavy (non-hydrogen) atoms. The first-order valence-electron chi connectivity index (χ1n) is 5.94. The Kier molecular flexibility index (Phi) is 7.03. The van der Waals surface area contributed by atoms with Crippen LogP contribution in [-0.2, 0) is 4.79 Å². The molecule has 1 rings (SSSR count). The van der Waals surface area contributed by atoms with Crippen molar-refractivity contribution < 1.29 is 14.6 Å². The summed E-state index contributed by atoms with van der Waals surface area (Å²) in [7, 11) is 0. The fraction of sp³-hybridized carbons (Fsp3) is 0.357. The van der Waals surface area contributed by atoms with E-state index in [0.717, 1.165) is 41.9 Å². The van der Waals surface area contributed by atoms with E-state index in [1.54, 1.807) is 6.08 Å². The van der Waals surface area contributed by atoms with E-state index in [2.05, 4.69) is 6.92 Å². The quantitative estimate of drug-likeness (QED) is 0.579. The summed E-state index contributed by atoms with van der Waals surface area (Å²) in [6.45, 7) is 2.87. The second kappa shape index (κ2) is 8.64. The van der Waals surface area contributed by atoms with Gasteiger partial charge in [0.25, 0.3) is 0 Å². The highest BCUT2D eigenvalue weighted by atomic mass is 32.2. The van der Waals surface area contributed by atoms with Gasteiger partial charge in [0.05, 0.1) is 6.61 Å². The summed E-state index contributed by atoms with van der Waals surface area (Å²) < 4.78 is 5.58. The number of hydrogen-bond acceptors (Lipinski definition) is 3. The van der Waals surface area contributed by atoms with Gasteiger partial charge < -0.3 is 9.84 Å². The van der Waals surface area contributed by atoms with Gasteiger partial charge >= 0.3 is 5.97 Å². The Morgan fingerprint density at radius 1 is 1.39 bits per heavy atom. The molecule has 0 radical (unpaired) electrons. The molecule has 0 saturated heterocycles. The Labute approximate surface area is 112 Å². The maximum absolute atomic E-state index is 10.4. The van der Waals surface area contributed by atoms with E-state index < -0.39 is 5.97 Å². The van der Waals surface area contributed by atoms with E-state index >= 15 is 0 Å². The van der Waals surface area contributed by atoms with Crippen LogP contribution in [0.15, 0.2) is 30.3 Å². The summed E-state index contributed by atoms with van der Waals surface area (Å²) >= 11 is 1.91. The maximum atomic E-state index is 10.4. The van der Waals surface area contributed by atoms with Crippen molar-refractivity contribution >= 4 is 23.8 Å². The van der Waals surface area contributed by atoms with Crippen molar-refractivity contribution in [3.8, 4) is 5.75 Å². The average molecular weight is 266 g/mol. The number of hydrogen-bond donors (Lipinski definition) is 1. The first-order valence-corrected chi connectivity index (χ1v) is 7.09. The molecule has 1 aromatic rings. The Hall–Kier alpha value is -1.42. The van der Waals surface area contributed by atoms with Crippen molar-refractivity contribution in [3.63, 3.8) is 0 Å². The SMILES string of the molecule is CCSCCCOc1ccc(/C=C/C(=O)O)cc1. The first-order chi connectivity index (χ1) is 8.72. The first kappa shape index (κ1) is 14.6. The molecule has 0 amide bonds. The van der Waals surface area contributed by atoms with Gasteiger partial charge in [-0.3, -0.25) is 0 Å². The summed E-state index contributed by atoms with van der Waals surface area (Å²) in [4.78, 5) is 10.4. The van der Waals surface area contributed by atoms with Crippen molar-refractivity contribution in [2.45, 2.75) is 13.3 Å². The molecule has 0 atom stereocenters. The Morgan fingerprint density at radius 3 is 2.72 bits per heavy atom. The summed E-state index contributed by atoms with van der Waals surface area (Å²) in [6, 6.07) is 7.40. The van der Waals surface area contributed by atoms with Crippen LogP contribution < -0.4 is 4.74 Å². The monoisotopic (exact) mass is 266 g/mol. The molecular weight excluding hydrogens is 248 g/mol. The molecule has 0 fully saturated rings. The number of carboxylic acid groups (broad SMARTS) is 1. The smallest absolute Gasteiger partial charge is 0.328 e. The van der Waals surface area contributed by atoms with E-state index in [-0.39, 0.29) is 0 Å². The van der Waals surface area contributed by atoms with Crippen LogP contribution in [0.1, 0.15) is 18.9 Å². The molecule has 0 saturated carbocycles. The maximum Gasteiger partial charge on any atom is 0.328 e. The second-order valence-corrected chi connectivity index (χ2v) is 5.03. The third-order valence-corrected chi connectivity index (χ3v) is 3.19. The summed E-state index contributed by atoms with van der Waals surface area (Å²) in [5, 5.41) is 8.50. The van der Waals surface area contributed by atoms with Crippen LogP contribution in [0.5, 0.6) is 5.75 Å². The van der Waals surface area contributed by atoms with Gasteiger partial charge in [0.2, 0.25) is 0 Å². The van der Waals surface area contributed by atoms with E-state index in [1.807, 2.05) is 36.0 Å². The summed E-state index contributed by atoms with van der Waals surface area (Å²) in [5.74, 6) is 2.15. The lowest BCUT2D eigenvalue weighted by atomic mass is 10.2. The third-order valence-electron chi connectivity index (χ3n) is 2.20. The number of benzene rings is 1. The standard InChI is InChI=1S/C14H18O3S/c1-2-18-11-3-10-17-13-7-4-12(5-8-13)6-9-14(15)16/h4-9H,2-3,10-11H2,1H3,(H,15,16)/b9-6+. The molecule has 98 valence electrons. The fourth-order valence-electron chi connectivity index (χ4n) is 1.34. The van der Waals surface area contributed by atoms with Gasteiger partial charge in [-0.1, -0.05) is 19.1 Å². The molecule has 0 bridgehead atoms. The Balaban J connectivity index is 2.34. The van der Waals surface area contributed by atoms with Gasteiger partial charge in [0.1, 0.15) is 5.75 Å². The van der Waals surface area contributed by atoms with Gasteiger partial charge in [-0.05, 0) is 41.7 Å². The predicted octanol–water partition coefficient (Wildman–Crippen LogP) is 3.31. The molecule has 0 unspecified atom stereocenters. The lowest BCUT2D eigenvalue weighted by Crippen LogP contribution is -1.98. The van der Waals surface area contributed by atoms with Crippen molar-refractivity contribution in [3.05, 3.63) is 35.9 Å².